The molecule has 1 atom stereocenters. The average molecular weight is 465 g/mol. The van der Waals surface area contributed by atoms with Crippen LogP contribution < -0.4 is 15.8 Å². The molecule has 3 aromatic rings. The Bertz CT molecular complexity index is 1180. The molecule has 2 fully saturated rings. The van der Waals surface area contributed by atoms with Gasteiger partial charge in [0.1, 0.15) is 4.70 Å². The van der Waals surface area contributed by atoms with E-state index in [2.05, 4.69) is 41.4 Å². The highest BCUT2D eigenvalue weighted by Gasteiger charge is 2.30. The summed E-state index contributed by atoms with van der Waals surface area (Å²) in [5.74, 6) is 0.779. The third kappa shape index (κ3) is 4.83. The molecule has 5 rings (SSSR count). The number of fused-ring (bicyclic) bond motifs is 1. The number of nitrogens with zero attached hydrogens (tertiary/aromatic N) is 3. The number of rotatable bonds is 5. The van der Waals surface area contributed by atoms with Crippen LogP contribution in [0, 0.1) is 12.8 Å². The molecule has 1 saturated carbocycles. The summed E-state index contributed by atoms with van der Waals surface area (Å²) in [5, 5.41) is 5.23. The SMILES string of the molecule is Cc1ccc(Cn2c(N3CCCC(C(=O)NC4CCCCC4)C3)nc3ccsc3c2=O)cc1. The fraction of sp³-hybridized carbons (Fsp3) is 0.500. The molecule has 0 spiro atoms. The molecule has 1 amide bonds. The maximum atomic E-state index is 13.4. The van der Waals surface area contributed by atoms with Gasteiger partial charge in [-0.1, -0.05) is 49.1 Å². The Morgan fingerprint density at radius 1 is 1.09 bits per heavy atom. The first kappa shape index (κ1) is 22.1. The standard InChI is InChI=1S/C26H32N4O2S/c1-18-9-11-19(12-10-18)16-30-25(32)23-22(13-15-33-23)28-26(30)29-14-5-6-20(17-29)24(31)27-21-7-3-2-4-8-21/h9-13,15,20-21H,2-8,14,16-17H2,1H3,(H,27,31). The van der Waals surface area contributed by atoms with Gasteiger partial charge in [-0.3, -0.25) is 14.2 Å². The van der Waals surface area contributed by atoms with Crippen molar-refractivity contribution in [3.63, 3.8) is 0 Å². The van der Waals surface area contributed by atoms with Gasteiger partial charge < -0.3 is 10.2 Å². The summed E-state index contributed by atoms with van der Waals surface area (Å²) in [4.78, 5) is 33.6. The molecule has 0 bridgehead atoms. The first-order valence-corrected chi connectivity index (χ1v) is 13.1. The van der Waals surface area contributed by atoms with Gasteiger partial charge in [0.15, 0.2) is 0 Å². The number of nitrogens with one attached hydrogen (secondary N) is 1. The fourth-order valence-corrected chi connectivity index (χ4v) is 5.91. The largest absolute Gasteiger partial charge is 0.353 e. The maximum Gasteiger partial charge on any atom is 0.273 e. The van der Waals surface area contributed by atoms with Crippen LogP contribution >= 0.6 is 11.3 Å². The zero-order valence-electron chi connectivity index (χ0n) is 19.3. The smallest absolute Gasteiger partial charge is 0.273 e. The van der Waals surface area contributed by atoms with Crippen molar-refractivity contribution in [1.29, 1.82) is 0 Å². The molecule has 1 N–H and O–H groups in total. The summed E-state index contributed by atoms with van der Waals surface area (Å²) >= 11 is 1.44. The lowest BCUT2D eigenvalue weighted by atomic mass is 9.93. The normalized spacial score (nSPS) is 19.7. The predicted octanol–water partition coefficient (Wildman–Crippen LogP) is 4.48. The molecule has 3 heterocycles. The molecule has 0 radical (unpaired) electrons. The number of benzene rings is 1. The van der Waals surface area contributed by atoms with E-state index in [9.17, 15) is 9.59 Å². The molecule has 174 valence electrons. The lowest BCUT2D eigenvalue weighted by Gasteiger charge is -2.35. The van der Waals surface area contributed by atoms with Crippen LogP contribution in [-0.4, -0.2) is 34.6 Å². The number of carbonyl (C=O) groups is 1. The number of aryl methyl sites for hydroxylation is 1. The maximum absolute atomic E-state index is 13.4. The van der Waals surface area contributed by atoms with E-state index in [4.69, 9.17) is 4.98 Å². The first-order chi connectivity index (χ1) is 16.1. The summed E-state index contributed by atoms with van der Waals surface area (Å²) in [5.41, 5.74) is 3.01. The van der Waals surface area contributed by atoms with Crippen LogP contribution in [0.1, 0.15) is 56.1 Å². The van der Waals surface area contributed by atoms with Crippen molar-refractivity contribution in [2.45, 2.75) is 64.5 Å². The highest BCUT2D eigenvalue weighted by molar-refractivity contribution is 7.17. The molecule has 1 aliphatic carbocycles. The lowest BCUT2D eigenvalue weighted by Crippen LogP contribution is -2.47. The number of piperidine rings is 1. The van der Waals surface area contributed by atoms with Gasteiger partial charge >= 0.3 is 0 Å². The molecule has 6 nitrogen and oxygen atoms in total. The van der Waals surface area contributed by atoms with Gasteiger partial charge in [-0.2, -0.15) is 0 Å². The summed E-state index contributed by atoms with van der Waals surface area (Å²) in [6, 6.07) is 10.5. The molecule has 7 heteroatoms. The number of hydrogen-bond donors (Lipinski definition) is 1. The van der Waals surface area contributed by atoms with Crippen LogP contribution in [0.3, 0.4) is 0 Å². The summed E-state index contributed by atoms with van der Waals surface area (Å²) in [6.45, 7) is 3.95. The number of thiophene rings is 1. The summed E-state index contributed by atoms with van der Waals surface area (Å²) in [7, 11) is 0. The fourth-order valence-electron chi connectivity index (χ4n) is 5.13. The van der Waals surface area contributed by atoms with Gasteiger partial charge in [-0.25, -0.2) is 4.98 Å². The number of aromatic nitrogens is 2. The second-order valence-electron chi connectivity index (χ2n) is 9.55. The van der Waals surface area contributed by atoms with E-state index >= 15 is 0 Å². The van der Waals surface area contributed by atoms with Crippen molar-refractivity contribution in [3.8, 4) is 0 Å². The summed E-state index contributed by atoms with van der Waals surface area (Å²) in [6.07, 6.45) is 7.68. The number of anilines is 1. The Kier molecular flexibility index (Phi) is 6.49. The molecule has 33 heavy (non-hydrogen) atoms. The Balaban J connectivity index is 1.42. The van der Waals surface area contributed by atoms with Crippen LogP contribution in [0.15, 0.2) is 40.5 Å². The number of hydrogen-bond acceptors (Lipinski definition) is 5. The van der Waals surface area contributed by atoms with Gasteiger partial charge in [0.05, 0.1) is 18.0 Å². The van der Waals surface area contributed by atoms with E-state index < -0.39 is 0 Å². The highest BCUT2D eigenvalue weighted by Crippen LogP contribution is 2.26. The van der Waals surface area contributed by atoms with E-state index in [1.165, 1.54) is 36.2 Å². The minimum atomic E-state index is -0.0661. The van der Waals surface area contributed by atoms with Crippen molar-refractivity contribution in [2.24, 2.45) is 5.92 Å². The van der Waals surface area contributed by atoms with Crippen molar-refractivity contribution in [1.82, 2.24) is 14.9 Å². The van der Waals surface area contributed by atoms with Crippen molar-refractivity contribution in [2.75, 3.05) is 18.0 Å². The van der Waals surface area contributed by atoms with Gasteiger partial charge in [0.2, 0.25) is 11.9 Å². The minimum Gasteiger partial charge on any atom is -0.353 e. The molecular weight excluding hydrogens is 432 g/mol. The zero-order chi connectivity index (χ0) is 22.8. The third-order valence-electron chi connectivity index (χ3n) is 7.03. The average Bonchev–Trinajstić information content (AvgIpc) is 3.32. The van der Waals surface area contributed by atoms with Crippen LogP contribution in [0.2, 0.25) is 0 Å². The van der Waals surface area contributed by atoms with Gasteiger partial charge in [-0.15, -0.1) is 11.3 Å². The topological polar surface area (TPSA) is 67.2 Å². The first-order valence-electron chi connectivity index (χ1n) is 12.2. The zero-order valence-corrected chi connectivity index (χ0v) is 20.1. The van der Waals surface area contributed by atoms with Crippen molar-refractivity contribution >= 4 is 33.4 Å². The lowest BCUT2D eigenvalue weighted by molar-refractivity contribution is -0.126. The Hall–Kier alpha value is -2.67. The van der Waals surface area contributed by atoms with Gasteiger partial charge in [0.25, 0.3) is 5.56 Å². The quantitative estimate of drug-likeness (QED) is 0.605. The molecule has 1 unspecified atom stereocenters. The molecular formula is C26H32N4O2S. The van der Waals surface area contributed by atoms with E-state index in [0.717, 1.165) is 43.3 Å². The number of carbonyl (C=O) groups excluding carboxylic acids is 1. The molecule has 1 aliphatic heterocycles. The molecule has 1 aromatic carbocycles. The van der Waals surface area contributed by atoms with Crippen molar-refractivity contribution < 1.29 is 4.79 Å². The van der Waals surface area contributed by atoms with Crippen molar-refractivity contribution in [3.05, 3.63) is 57.2 Å². The molecule has 2 aliphatic rings. The molecule has 2 aromatic heterocycles. The number of amides is 1. The predicted molar refractivity (Wildman–Crippen MR) is 134 cm³/mol. The van der Waals surface area contributed by atoms with Gasteiger partial charge in [-0.05, 0) is 49.6 Å². The highest BCUT2D eigenvalue weighted by atomic mass is 32.1. The summed E-state index contributed by atoms with van der Waals surface area (Å²) < 4.78 is 2.49. The second-order valence-corrected chi connectivity index (χ2v) is 10.5. The Morgan fingerprint density at radius 3 is 2.67 bits per heavy atom. The van der Waals surface area contributed by atoms with Crippen LogP contribution in [0.25, 0.3) is 10.2 Å². The molecule has 1 saturated heterocycles. The van der Waals surface area contributed by atoms with E-state index in [0.29, 0.717) is 29.8 Å². The van der Waals surface area contributed by atoms with E-state index in [1.807, 2.05) is 11.4 Å². The van der Waals surface area contributed by atoms with Crippen LogP contribution in [0.5, 0.6) is 0 Å². The van der Waals surface area contributed by atoms with E-state index in [1.54, 1.807) is 4.57 Å². The van der Waals surface area contributed by atoms with Gasteiger partial charge in [0, 0.05) is 19.1 Å². The monoisotopic (exact) mass is 464 g/mol. The van der Waals surface area contributed by atoms with E-state index in [-0.39, 0.29) is 17.4 Å². The minimum absolute atomic E-state index is 0.000597. The Morgan fingerprint density at radius 2 is 1.88 bits per heavy atom. The Labute approximate surface area is 198 Å². The second kappa shape index (κ2) is 9.67. The third-order valence-corrected chi connectivity index (χ3v) is 7.93. The van der Waals surface area contributed by atoms with Crippen LogP contribution in [-0.2, 0) is 11.3 Å². The van der Waals surface area contributed by atoms with Crippen LogP contribution in [0.4, 0.5) is 5.95 Å².